The van der Waals surface area contributed by atoms with Crippen molar-refractivity contribution in [2.45, 2.75) is 12.8 Å². The summed E-state index contributed by atoms with van der Waals surface area (Å²) in [6, 6.07) is 1.98. The van der Waals surface area contributed by atoms with E-state index in [4.69, 9.17) is 16.9 Å². The van der Waals surface area contributed by atoms with Crippen LogP contribution < -0.4 is 4.90 Å². The first-order chi connectivity index (χ1) is 7.20. The number of halogens is 1. The van der Waals surface area contributed by atoms with Gasteiger partial charge in [0.05, 0.1) is 6.54 Å². The first kappa shape index (κ1) is 10.4. The summed E-state index contributed by atoms with van der Waals surface area (Å²) >= 11 is 7.00. The number of carbonyl (C=O) groups excluding carboxylic acids is 1. The zero-order valence-electron chi connectivity index (χ0n) is 7.86. The number of Topliss-reactive ketones (excluding diaryl/α,β-unsaturated/α-hetero) is 1. The van der Waals surface area contributed by atoms with Crippen molar-refractivity contribution in [1.29, 1.82) is 5.26 Å². The first-order valence-electron chi connectivity index (χ1n) is 4.54. The third kappa shape index (κ3) is 2.11. The van der Waals surface area contributed by atoms with Gasteiger partial charge in [0.25, 0.3) is 0 Å². The summed E-state index contributed by atoms with van der Waals surface area (Å²) in [5, 5.41) is 9.64. The molecule has 0 aliphatic carbocycles. The Balaban J connectivity index is 2.22. The number of nitrogens with zero attached hydrogens (tertiary/aromatic N) is 3. The minimum atomic E-state index is 0.214. The number of carbonyl (C=O) groups is 1. The number of hydrogen-bond acceptors (Lipinski definition) is 5. The number of rotatable bonds is 1. The fourth-order valence-electron chi connectivity index (χ4n) is 1.50. The van der Waals surface area contributed by atoms with Crippen molar-refractivity contribution >= 4 is 33.9 Å². The van der Waals surface area contributed by atoms with Gasteiger partial charge in [-0.25, -0.2) is 4.98 Å². The van der Waals surface area contributed by atoms with E-state index < -0.39 is 0 Å². The van der Waals surface area contributed by atoms with E-state index in [1.165, 1.54) is 11.3 Å². The molecule has 15 heavy (non-hydrogen) atoms. The summed E-state index contributed by atoms with van der Waals surface area (Å²) in [5.74, 6) is 0.214. The van der Waals surface area contributed by atoms with Gasteiger partial charge in [-0.2, -0.15) is 5.26 Å². The second-order valence-electron chi connectivity index (χ2n) is 3.29. The van der Waals surface area contributed by atoms with Crippen molar-refractivity contribution in [2.24, 2.45) is 0 Å². The van der Waals surface area contributed by atoms with Crippen LogP contribution in [-0.2, 0) is 4.79 Å². The molecule has 0 atom stereocenters. The van der Waals surface area contributed by atoms with Gasteiger partial charge in [0.1, 0.15) is 10.9 Å². The predicted molar refractivity (Wildman–Crippen MR) is 58.3 cm³/mol. The third-order valence-corrected chi connectivity index (χ3v) is 3.60. The molecular formula is C9H8ClN3OS. The first-order valence-corrected chi connectivity index (χ1v) is 5.73. The van der Waals surface area contributed by atoms with Crippen molar-refractivity contribution in [3.8, 4) is 6.07 Å². The highest BCUT2D eigenvalue weighted by Crippen LogP contribution is 2.29. The van der Waals surface area contributed by atoms with E-state index in [0.717, 1.165) is 13.0 Å². The van der Waals surface area contributed by atoms with E-state index in [1.807, 2.05) is 11.0 Å². The minimum Gasteiger partial charge on any atom is -0.341 e. The molecule has 1 saturated heterocycles. The Morgan fingerprint density at radius 3 is 3.00 bits per heavy atom. The van der Waals surface area contributed by atoms with Crippen LogP contribution in [-0.4, -0.2) is 23.9 Å². The zero-order chi connectivity index (χ0) is 10.8. The van der Waals surface area contributed by atoms with Gasteiger partial charge in [-0.3, -0.25) is 4.79 Å². The summed E-state index contributed by atoms with van der Waals surface area (Å²) in [4.78, 5) is 17.6. The molecule has 2 heterocycles. The fourth-order valence-corrected chi connectivity index (χ4v) is 2.56. The molecule has 1 aliphatic heterocycles. The lowest BCUT2D eigenvalue weighted by Gasteiger charge is -2.24. The van der Waals surface area contributed by atoms with Crippen molar-refractivity contribution in [1.82, 2.24) is 4.98 Å². The van der Waals surface area contributed by atoms with Crippen LogP contribution in [0.3, 0.4) is 0 Å². The average Bonchev–Trinajstić information content (AvgIpc) is 2.60. The SMILES string of the molecule is N#Cc1sc(N2CCCC(=O)C2)nc1Cl. The number of ketones is 1. The lowest BCUT2D eigenvalue weighted by Crippen LogP contribution is -2.35. The number of thiazole rings is 1. The van der Waals surface area contributed by atoms with Gasteiger partial charge < -0.3 is 4.90 Å². The molecule has 0 amide bonds. The van der Waals surface area contributed by atoms with E-state index in [1.54, 1.807) is 0 Å². The van der Waals surface area contributed by atoms with Crippen LogP contribution in [0.5, 0.6) is 0 Å². The van der Waals surface area contributed by atoms with E-state index >= 15 is 0 Å². The maximum atomic E-state index is 11.2. The Hall–Kier alpha value is -1.12. The number of aromatic nitrogens is 1. The summed E-state index contributed by atoms with van der Waals surface area (Å²) < 4.78 is 0. The molecular weight excluding hydrogens is 234 g/mol. The topological polar surface area (TPSA) is 57.0 Å². The predicted octanol–water partition coefficient (Wildman–Crippen LogP) is 1.84. The molecule has 0 aromatic carbocycles. The molecule has 4 nitrogen and oxygen atoms in total. The van der Waals surface area contributed by atoms with Crippen molar-refractivity contribution in [3.63, 3.8) is 0 Å². The summed E-state index contributed by atoms with van der Waals surface area (Å²) in [6.45, 7) is 1.19. The van der Waals surface area contributed by atoms with Crippen molar-refractivity contribution in [3.05, 3.63) is 10.0 Å². The second kappa shape index (κ2) is 4.17. The van der Waals surface area contributed by atoms with Gasteiger partial charge in [-0.1, -0.05) is 22.9 Å². The Bertz CT molecular complexity index is 437. The van der Waals surface area contributed by atoms with Gasteiger partial charge in [-0.05, 0) is 6.42 Å². The number of hydrogen-bond donors (Lipinski definition) is 0. The summed E-state index contributed by atoms with van der Waals surface area (Å²) in [5.41, 5.74) is 0. The third-order valence-electron chi connectivity index (χ3n) is 2.20. The lowest BCUT2D eigenvalue weighted by molar-refractivity contribution is -0.118. The Morgan fingerprint density at radius 2 is 2.40 bits per heavy atom. The van der Waals surface area contributed by atoms with E-state index in [-0.39, 0.29) is 10.9 Å². The van der Waals surface area contributed by atoms with Gasteiger partial charge in [0, 0.05) is 13.0 Å². The zero-order valence-corrected chi connectivity index (χ0v) is 9.44. The smallest absolute Gasteiger partial charge is 0.188 e. The fraction of sp³-hybridized carbons (Fsp3) is 0.444. The maximum Gasteiger partial charge on any atom is 0.188 e. The quantitative estimate of drug-likeness (QED) is 0.753. The number of anilines is 1. The van der Waals surface area contributed by atoms with Crippen LogP contribution in [0.4, 0.5) is 5.13 Å². The van der Waals surface area contributed by atoms with Gasteiger partial charge in [0.15, 0.2) is 16.1 Å². The summed E-state index contributed by atoms with van der Waals surface area (Å²) in [6.07, 6.45) is 1.48. The largest absolute Gasteiger partial charge is 0.341 e. The lowest BCUT2D eigenvalue weighted by atomic mass is 10.1. The van der Waals surface area contributed by atoms with E-state index in [0.29, 0.717) is 23.0 Å². The monoisotopic (exact) mass is 241 g/mol. The number of piperidine rings is 1. The Kier molecular flexibility index (Phi) is 2.89. The van der Waals surface area contributed by atoms with Crippen LogP contribution in [0, 0.1) is 11.3 Å². The maximum absolute atomic E-state index is 11.2. The van der Waals surface area contributed by atoms with Gasteiger partial charge in [0.2, 0.25) is 0 Å². The van der Waals surface area contributed by atoms with E-state index in [9.17, 15) is 4.79 Å². The van der Waals surface area contributed by atoms with Crippen molar-refractivity contribution < 1.29 is 4.79 Å². The molecule has 1 aliphatic rings. The number of nitriles is 1. The molecule has 0 radical (unpaired) electrons. The normalized spacial score (nSPS) is 16.5. The molecule has 0 saturated carbocycles. The highest BCUT2D eigenvalue weighted by molar-refractivity contribution is 7.16. The average molecular weight is 242 g/mol. The second-order valence-corrected chi connectivity index (χ2v) is 4.63. The minimum absolute atomic E-state index is 0.214. The standard InChI is InChI=1S/C9H8ClN3OS/c10-8-7(4-11)15-9(12-8)13-3-1-2-6(14)5-13/h1-3,5H2. The molecule has 1 aromatic rings. The van der Waals surface area contributed by atoms with Crippen LogP contribution in [0.2, 0.25) is 5.15 Å². The van der Waals surface area contributed by atoms with Crippen LogP contribution >= 0.6 is 22.9 Å². The van der Waals surface area contributed by atoms with Crippen LogP contribution in [0.1, 0.15) is 17.7 Å². The van der Waals surface area contributed by atoms with Gasteiger partial charge in [-0.15, -0.1) is 0 Å². The molecule has 0 unspecified atom stereocenters. The molecule has 0 bridgehead atoms. The Morgan fingerprint density at radius 1 is 1.60 bits per heavy atom. The van der Waals surface area contributed by atoms with E-state index in [2.05, 4.69) is 4.98 Å². The Labute approximate surface area is 96.1 Å². The molecule has 6 heteroatoms. The molecule has 0 N–H and O–H groups in total. The van der Waals surface area contributed by atoms with Gasteiger partial charge >= 0.3 is 0 Å². The van der Waals surface area contributed by atoms with Crippen molar-refractivity contribution in [2.75, 3.05) is 18.0 Å². The van der Waals surface area contributed by atoms with Crippen LogP contribution in [0.15, 0.2) is 0 Å². The molecule has 1 aromatic heterocycles. The highest BCUT2D eigenvalue weighted by atomic mass is 35.5. The molecule has 0 spiro atoms. The molecule has 78 valence electrons. The summed E-state index contributed by atoms with van der Waals surface area (Å²) in [7, 11) is 0. The molecule has 2 rings (SSSR count). The molecule has 1 fully saturated rings. The van der Waals surface area contributed by atoms with Crippen LogP contribution in [0.25, 0.3) is 0 Å². The highest BCUT2D eigenvalue weighted by Gasteiger charge is 2.21.